The van der Waals surface area contributed by atoms with E-state index in [9.17, 15) is 9.59 Å². The first kappa shape index (κ1) is 21.5. The summed E-state index contributed by atoms with van der Waals surface area (Å²) in [6.07, 6.45) is 1.76. The second kappa shape index (κ2) is 9.64. The fourth-order valence-electron chi connectivity index (χ4n) is 3.83. The van der Waals surface area contributed by atoms with Gasteiger partial charge in [-0.05, 0) is 68.3 Å². The average molecular weight is 434 g/mol. The van der Waals surface area contributed by atoms with Crippen LogP contribution in [0, 0.1) is 0 Å². The van der Waals surface area contributed by atoms with Gasteiger partial charge < -0.3 is 19.5 Å². The molecule has 8 heteroatoms. The van der Waals surface area contributed by atoms with Crippen molar-refractivity contribution in [1.29, 1.82) is 0 Å². The number of benzene rings is 2. The van der Waals surface area contributed by atoms with Gasteiger partial charge in [0.25, 0.3) is 5.91 Å². The second-order valence-corrected chi connectivity index (χ2v) is 7.76. The lowest BCUT2D eigenvalue weighted by Gasteiger charge is -2.31. The predicted octanol–water partition coefficient (Wildman–Crippen LogP) is 4.11. The van der Waals surface area contributed by atoms with Crippen LogP contribution in [0.3, 0.4) is 0 Å². The van der Waals surface area contributed by atoms with Crippen LogP contribution >= 0.6 is 0 Å². The van der Waals surface area contributed by atoms with E-state index in [0.717, 1.165) is 24.2 Å². The first-order valence-electron chi connectivity index (χ1n) is 10.8. The number of nitrogens with one attached hydrogen (secondary N) is 1. The minimum Gasteiger partial charge on any atom is -0.494 e. The van der Waals surface area contributed by atoms with E-state index in [0.29, 0.717) is 42.7 Å². The van der Waals surface area contributed by atoms with Gasteiger partial charge in [0.2, 0.25) is 17.6 Å². The van der Waals surface area contributed by atoms with Gasteiger partial charge in [-0.25, -0.2) is 0 Å². The molecule has 0 spiro atoms. The number of amides is 2. The van der Waals surface area contributed by atoms with Crippen molar-refractivity contribution in [1.82, 2.24) is 15.0 Å². The second-order valence-electron chi connectivity index (χ2n) is 7.76. The molecule has 3 aromatic rings. The van der Waals surface area contributed by atoms with Crippen molar-refractivity contribution in [3.8, 4) is 17.1 Å². The quantitative estimate of drug-likeness (QED) is 0.627. The number of carbonyl (C=O) groups is 2. The van der Waals surface area contributed by atoms with E-state index in [4.69, 9.17) is 9.26 Å². The van der Waals surface area contributed by atoms with Crippen molar-refractivity contribution in [2.75, 3.05) is 25.0 Å². The highest BCUT2D eigenvalue weighted by Gasteiger charge is 2.29. The van der Waals surface area contributed by atoms with E-state index < -0.39 is 0 Å². The summed E-state index contributed by atoms with van der Waals surface area (Å²) >= 11 is 0. The van der Waals surface area contributed by atoms with Crippen LogP contribution in [-0.4, -0.2) is 46.6 Å². The zero-order valence-electron chi connectivity index (χ0n) is 18.2. The number of carbonyl (C=O) groups excluding carboxylic acids is 2. The minimum atomic E-state index is -0.124. The fourth-order valence-corrected chi connectivity index (χ4v) is 3.83. The monoisotopic (exact) mass is 434 g/mol. The minimum absolute atomic E-state index is 0.00435. The molecule has 1 aliphatic heterocycles. The maximum atomic E-state index is 13.0. The molecule has 2 heterocycles. The number of hydrogen-bond acceptors (Lipinski definition) is 6. The molecule has 2 amide bonds. The van der Waals surface area contributed by atoms with Crippen LogP contribution in [0.15, 0.2) is 53.1 Å². The molecule has 4 rings (SSSR count). The normalized spacial score (nSPS) is 15.9. The molecule has 0 aliphatic carbocycles. The molecule has 32 heavy (non-hydrogen) atoms. The standard InChI is InChI=1S/C24H26N4O4/c1-3-31-21-12-8-18(9-13-21)24(30)28-14-4-5-19(15-28)23-26-22(27-32-23)17-6-10-20(11-7-17)25-16(2)29/h6-13,19H,3-5,14-15H2,1-2H3,(H,25,29)/t19-/m0/s1. The van der Waals surface area contributed by atoms with Crippen LogP contribution in [0.4, 0.5) is 5.69 Å². The van der Waals surface area contributed by atoms with Crippen LogP contribution < -0.4 is 10.1 Å². The Balaban J connectivity index is 1.43. The van der Waals surface area contributed by atoms with Gasteiger partial charge in [-0.1, -0.05) is 5.16 Å². The molecular weight excluding hydrogens is 408 g/mol. The summed E-state index contributed by atoms with van der Waals surface area (Å²) in [7, 11) is 0. The van der Waals surface area contributed by atoms with E-state index in [2.05, 4.69) is 15.5 Å². The Morgan fingerprint density at radius 1 is 1.16 bits per heavy atom. The summed E-state index contributed by atoms with van der Waals surface area (Å²) < 4.78 is 11.0. The van der Waals surface area contributed by atoms with Gasteiger partial charge in [0, 0.05) is 36.8 Å². The van der Waals surface area contributed by atoms with E-state index in [-0.39, 0.29) is 17.7 Å². The molecule has 1 saturated heterocycles. The van der Waals surface area contributed by atoms with Crippen LogP contribution in [0.2, 0.25) is 0 Å². The molecule has 8 nitrogen and oxygen atoms in total. The molecule has 0 radical (unpaired) electrons. The van der Waals surface area contributed by atoms with Crippen LogP contribution in [0.25, 0.3) is 11.4 Å². The van der Waals surface area contributed by atoms with E-state index >= 15 is 0 Å². The van der Waals surface area contributed by atoms with Crippen LogP contribution in [0.1, 0.15) is 48.9 Å². The summed E-state index contributed by atoms with van der Waals surface area (Å²) in [4.78, 5) is 30.6. The Labute approximate surface area is 186 Å². The lowest BCUT2D eigenvalue weighted by Crippen LogP contribution is -2.39. The summed E-state index contributed by atoms with van der Waals surface area (Å²) in [5.41, 5.74) is 2.15. The lowest BCUT2D eigenvalue weighted by molar-refractivity contribution is -0.114. The third kappa shape index (κ3) is 4.96. The smallest absolute Gasteiger partial charge is 0.253 e. The number of likely N-dealkylation sites (tertiary alicyclic amines) is 1. The van der Waals surface area contributed by atoms with Gasteiger partial charge in [0.05, 0.1) is 12.5 Å². The highest BCUT2D eigenvalue weighted by atomic mass is 16.5. The van der Waals surface area contributed by atoms with Gasteiger partial charge in [-0.2, -0.15) is 4.98 Å². The van der Waals surface area contributed by atoms with E-state index in [1.165, 1.54) is 6.92 Å². The number of ether oxygens (including phenoxy) is 1. The highest BCUT2D eigenvalue weighted by Crippen LogP contribution is 2.29. The molecule has 0 unspecified atom stereocenters. The van der Waals surface area contributed by atoms with Crippen molar-refractivity contribution < 1.29 is 18.8 Å². The van der Waals surface area contributed by atoms with Crippen LogP contribution in [0.5, 0.6) is 5.75 Å². The number of hydrogen-bond donors (Lipinski definition) is 1. The summed E-state index contributed by atoms with van der Waals surface area (Å²) in [6.45, 7) is 5.22. The topological polar surface area (TPSA) is 97.6 Å². The Morgan fingerprint density at radius 3 is 2.59 bits per heavy atom. The van der Waals surface area contributed by atoms with Crippen LogP contribution in [-0.2, 0) is 4.79 Å². The maximum absolute atomic E-state index is 13.0. The summed E-state index contributed by atoms with van der Waals surface area (Å²) in [5.74, 6) is 1.64. The van der Waals surface area contributed by atoms with Gasteiger partial charge in [-0.15, -0.1) is 0 Å². The third-order valence-electron chi connectivity index (χ3n) is 5.38. The SMILES string of the molecule is CCOc1ccc(C(=O)N2CCC[C@H](c3nc(-c4ccc(NC(C)=O)cc4)no3)C2)cc1. The zero-order chi connectivity index (χ0) is 22.5. The van der Waals surface area contributed by atoms with Gasteiger partial charge in [0.1, 0.15) is 5.75 Å². The first-order valence-corrected chi connectivity index (χ1v) is 10.8. The van der Waals surface area contributed by atoms with E-state index in [1.54, 1.807) is 24.3 Å². The predicted molar refractivity (Wildman–Crippen MR) is 120 cm³/mol. The first-order chi connectivity index (χ1) is 15.5. The van der Waals surface area contributed by atoms with Gasteiger partial charge in [0.15, 0.2) is 0 Å². The molecule has 1 fully saturated rings. The zero-order valence-corrected chi connectivity index (χ0v) is 18.2. The van der Waals surface area contributed by atoms with Crippen molar-refractivity contribution in [2.45, 2.75) is 32.6 Å². The molecule has 0 bridgehead atoms. The average Bonchev–Trinajstić information content (AvgIpc) is 3.30. The number of rotatable bonds is 6. The van der Waals surface area contributed by atoms with Crippen molar-refractivity contribution >= 4 is 17.5 Å². The molecule has 1 aliphatic rings. The number of aromatic nitrogens is 2. The third-order valence-corrected chi connectivity index (χ3v) is 5.38. The number of nitrogens with zero attached hydrogens (tertiary/aromatic N) is 3. The fraction of sp³-hybridized carbons (Fsp3) is 0.333. The Hall–Kier alpha value is -3.68. The largest absolute Gasteiger partial charge is 0.494 e. The van der Waals surface area contributed by atoms with Gasteiger partial charge >= 0.3 is 0 Å². The molecule has 1 N–H and O–H groups in total. The Bertz CT molecular complexity index is 1080. The highest BCUT2D eigenvalue weighted by molar-refractivity contribution is 5.94. The molecule has 2 aromatic carbocycles. The Morgan fingerprint density at radius 2 is 1.91 bits per heavy atom. The maximum Gasteiger partial charge on any atom is 0.253 e. The van der Waals surface area contributed by atoms with Crippen molar-refractivity contribution in [3.05, 3.63) is 60.0 Å². The summed E-state index contributed by atoms with van der Waals surface area (Å²) in [5, 5.41) is 6.85. The van der Waals surface area contributed by atoms with Gasteiger partial charge in [-0.3, -0.25) is 9.59 Å². The number of piperidine rings is 1. The molecule has 0 saturated carbocycles. The molecule has 166 valence electrons. The van der Waals surface area contributed by atoms with Crippen molar-refractivity contribution in [3.63, 3.8) is 0 Å². The molecule has 1 atom stereocenters. The molecular formula is C24H26N4O4. The lowest BCUT2D eigenvalue weighted by atomic mass is 9.97. The number of anilines is 1. The Kier molecular flexibility index (Phi) is 6.49. The molecule has 1 aromatic heterocycles. The summed E-state index contributed by atoms with van der Waals surface area (Å²) in [6, 6.07) is 14.5. The van der Waals surface area contributed by atoms with Crippen molar-refractivity contribution in [2.24, 2.45) is 0 Å². The van der Waals surface area contributed by atoms with E-state index in [1.807, 2.05) is 36.1 Å².